The van der Waals surface area contributed by atoms with Crippen molar-refractivity contribution in [3.63, 3.8) is 0 Å². The molecule has 0 saturated carbocycles. The summed E-state index contributed by atoms with van der Waals surface area (Å²) < 4.78 is 9.59. The number of ether oxygens (including phenoxy) is 2. The van der Waals surface area contributed by atoms with Gasteiger partial charge in [-0.3, -0.25) is 0 Å². The Balaban J connectivity index is 3.05. The average Bonchev–Trinajstić information content (AvgIpc) is 2.46. The Morgan fingerprint density at radius 1 is 1.50 bits per heavy atom. The van der Waals surface area contributed by atoms with Gasteiger partial charge in [-0.15, -0.1) is 0 Å². The van der Waals surface area contributed by atoms with E-state index in [-0.39, 0.29) is 11.7 Å². The predicted molar refractivity (Wildman–Crippen MR) is 40.6 cm³/mol. The maximum Gasteiger partial charge on any atom is 0.327 e. The monoisotopic (exact) mass is 172 g/mol. The fourth-order valence-corrected chi connectivity index (χ4v) is 0.805. The summed E-state index contributed by atoms with van der Waals surface area (Å²) in [5.74, 6) is 0.428. The summed E-state index contributed by atoms with van der Waals surface area (Å²) in [6.45, 7) is 0. The van der Waals surface area contributed by atoms with Crippen molar-refractivity contribution in [2.45, 2.75) is 0 Å². The van der Waals surface area contributed by atoms with E-state index in [4.69, 9.17) is 9.47 Å². The number of hydrogen-bond donors (Lipinski definition) is 1. The lowest BCUT2D eigenvalue weighted by Gasteiger charge is -1.94. The summed E-state index contributed by atoms with van der Waals surface area (Å²) in [5, 5.41) is 10.3. The van der Waals surface area contributed by atoms with Gasteiger partial charge in [0, 0.05) is 0 Å². The minimum absolute atomic E-state index is 0.149. The Morgan fingerprint density at radius 3 is 2.50 bits per heavy atom. The molecule has 0 spiro atoms. The summed E-state index contributed by atoms with van der Waals surface area (Å²) in [4.78, 5) is 12.1. The van der Waals surface area contributed by atoms with Gasteiger partial charge in [-0.1, -0.05) is 0 Å². The molecule has 0 aliphatic carbocycles. The number of aromatic amines is 1. The SMILES string of the molecule is COc1cc([N+](=O)[O-])[nH]c1OC. The van der Waals surface area contributed by atoms with E-state index < -0.39 is 4.92 Å². The molecule has 0 unspecified atom stereocenters. The van der Waals surface area contributed by atoms with Crippen LogP contribution in [0.5, 0.6) is 11.6 Å². The van der Waals surface area contributed by atoms with Crippen molar-refractivity contribution in [3.05, 3.63) is 16.2 Å². The number of hydrogen-bond acceptors (Lipinski definition) is 4. The molecular formula is C6H8N2O4. The van der Waals surface area contributed by atoms with Crippen molar-refractivity contribution in [2.75, 3.05) is 14.2 Å². The molecule has 1 rings (SSSR count). The zero-order chi connectivity index (χ0) is 9.14. The molecule has 0 aliphatic rings. The summed E-state index contributed by atoms with van der Waals surface area (Å²) in [7, 11) is 2.81. The highest BCUT2D eigenvalue weighted by atomic mass is 16.6. The van der Waals surface area contributed by atoms with Crippen molar-refractivity contribution in [1.29, 1.82) is 0 Å². The zero-order valence-corrected chi connectivity index (χ0v) is 6.66. The van der Waals surface area contributed by atoms with Crippen LogP contribution in [0, 0.1) is 10.1 Å². The van der Waals surface area contributed by atoms with E-state index in [1.165, 1.54) is 20.3 Å². The number of nitrogens with one attached hydrogen (secondary N) is 1. The van der Waals surface area contributed by atoms with Gasteiger partial charge >= 0.3 is 11.7 Å². The number of H-pyrrole nitrogens is 1. The maximum absolute atomic E-state index is 10.3. The molecule has 66 valence electrons. The van der Waals surface area contributed by atoms with Gasteiger partial charge in [0.1, 0.15) is 0 Å². The zero-order valence-electron chi connectivity index (χ0n) is 6.66. The van der Waals surface area contributed by atoms with Crippen LogP contribution < -0.4 is 9.47 Å². The van der Waals surface area contributed by atoms with E-state index in [9.17, 15) is 10.1 Å². The summed E-state index contributed by atoms with van der Waals surface area (Å²) in [6.07, 6.45) is 0. The van der Waals surface area contributed by atoms with Crippen molar-refractivity contribution in [1.82, 2.24) is 4.98 Å². The van der Waals surface area contributed by atoms with Crippen LogP contribution in [-0.2, 0) is 0 Å². The third-order valence-corrected chi connectivity index (χ3v) is 1.35. The van der Waals surface area contributed by atoms with Crippen LogP contribution >= 0.6 is 0 Å². The van der Waals surface area contributed by atoms with Gasteiger partial charge in [0.15, 0.2) is 0 Å². The molecule has 0 atom stereocenters. The van der Waals surface area contributed by atoms with E-state index >= 15 is 0 Å². The molecular weight excluding hydrogens is 164 g/mol. The first-order valence-electron chi connectivity index (χ1n) is 3.14. The summed E-state index contributed by atoms with van der Waals surface area (Å²) >= 11 is 0. The van der Waals surface area contributed by atoms with Gasteiger partial charge in [0.05, 0.1) is 20.3 Å². The molecule has 0 aliphatic heterocycles. The fourth-order valence-electron chi connectivity index (χ4n) is 0.805. The smallest absolute Gasteiger partial charge is 0.327 e. The second-order valence-corrected chi connectivity index (χ2v) is 2.01. The average molecular weight is 172 g/mol. The first-order chi connectivity index (χ1) is 5.69. The highest BCUT2D eigenvalue weighted by Gasteiger charge is 2.16. The molecule has 12 heavy (non-hydrogen) atoms. The topological polar surface area (TPSA) is 77.4 Å². The normalized spacial score (nSPS) is 9.50. The highest BCUT2D eigenvalue weighted by molar-refractivity contribution is 5.43. The first kappa shape index (κ1) is 8.38. The van der Waals surface area contributed by atoms with Gasteiger partial charge in [0.2, 0.25) is 5.75 Å². The molecule has 0 amide bonds. The predicted octanol–water partition coefficient (Wildman–Crippen LogP) is 0.940. The number of aromatic nitrogens is 1. The van der Waals surface area contributed by atoms with Crippen molar-refractivity contribution in [3.8, 4) is 11.6 Å². The van der Waals surface area contributed by atoms with Crippen LogP contribution in [0.3, 0.4) is 0 Å². The van der Waals surface area contributed by atoms with Gasteiger partial charge in [-0.25, -0.2) is 4.98 Å². The number of nitrogens with zero attached hydrogens (tertiary/aromatic N) is 1. The Kier molecular flexibility index (Phi) is 2.18. The van der Waals surface area contributed by atoms with E-state index in [1.54, 1.807) is 0 Å². The van der Waals surface area contributed by atoms with Crippen molar-refractivity contribution < 1.29 is 14.4 Å². The molecule has 6 nitrogen and oxygen atoms in total. The maximum atomic E-state index is 10.3. The Morgan fingerprint density at radius 2 is 2.17 bits per heavy atom. The Bertz CT molecular complexity index is 272. The standard InChI is InChI=1S/C6H8N2O4/c1-11-4-3-5(8(9)10)7-6(4)12-2/h3,7H,1-2H3. The Labute approximate surface area is 68.3 Å². The number of methoxy groups -OCH3 is 2. The molecule has 1 aromatic rings. The second-order valence-electron chi connectivity index (χ2n) is 2.01. The van der Waals surface area contributed by atoms with Crippen LogP contribution in [0.2, 0.25) is 0 Å². The van der Waals surface area contributed by atoms with Crippen LogP contribution in [0.4, 0.5) is 5.82 Å². The van der Waals surface area contributed by atoms with Gasteiger partial charge in [0.25, 0.3) is 0 Å². The Hall–Kier alpha value is -1.72. The molecule has 1 heterocycles. The van der Waals surface area contributed by atoms with Crippen molar-refractivity contribution >= 4 is 5.82 Å². The summed E-state index contributed by atoms with van der Waals surface area (Å²) in [5.41, 5.74) is 0. The molecule has 0 aromatic carbocycles. The lowest BCUT2D eigenvalue weighted by molar-refractivity contribution is -0.389. The van der Waals surface area contributed by atoms with E-state index in [2.05, 4.69) is 4.98 Å². The first-order valence-corrected chi connectivity index (χ1v) is 3.14. The fraction of sp³-hybridized carbons (Fsp3) is 0.333. The van der Waals surface area contributed by atoms with Crippen LogP contribution in [0.1, 0.15) is 0 Å². The molecule has 0 radical (unpaired) electrons. The van der Waals surface area contributed by atoms with Gasteiger partial charge < -0.3 is 19.6 Å². The quantitative estimate of drug-likeness (QED) is 0.543. The van der Waals surface area contributed by atoms with E-state index in [0.29, 0.717) is 5.75 Å². The third kappa shape index (κ3) is 1.31. The molecule has 6 heteroatoms. The summed E-state index contributed by atoms with van der Waals surface area (Å²) in [6, 6.07) is 1.26. The number of rotatable bonds is 3. The lowest BCUT2D eigenvalue weighted by Crippen LogP contribution is -1.88. The number of nitro groups is 1. The van der Waals surface area contributed by atoms with E-state index in [0.717, 1.165) is 0 Å². The van der Waals surface area contributed by atoms with Crippen molar-refractivity contribution in [2.24, 2.45) is 0 Å². The van der Waals surface area contributed by atoms with Gasteiger partial charge in [-0.05, 0) is 4.92 Å². The van der Waals surface area contributed by atoms with E-state index in [1.807, 2.05) is 0 Å². The molecule has 0 bridgehead atoms. The minimum Gasteiger partial charge on any atom is -0.489 e. The third-order valence-electron chi connectivity index (χ3n) is 1.35. The largest absolute Gasteiger partial charge is 0.489 e. The minimum atomic E-state index is -0.551. The molecule has 0 fully saturated rings. The molecule has 1 aromatic heterocycles. The van der Waals surface area contributed by atoms with Crippen LogP contribution in [0.25, 0.3) is 0 Å². The second kappa shape index (κ2) is 3.12. The van der Waals surface area contributed by atoms with Crippen LogP contribution in [-0.4, -0.2) is 24.1 Å². The lowest BCUT2D eigenvalue weighted by atomic mass is 10.5. The molecule has 0 saturated heterocycles. The van der Waals surface area contributed by atoms with Crippen LogP contribution in [0.15, 0.2) is 6.07 Å². The van der Waals surface area contributed by atoms with Gasteiger partial charge in [-0.2, -0.15) is 0 Å². The highest BCUT2D eigenvalue weighted by Crippen LogP contribution is 2.30. The molecule has 1 N–H and O–H groups in total.